The Bertz CT molecular complexity index is 117. The van der Waals surface area contributed by atoms with Gasteiger partial charge in [-0.3, -0.25) is 0 Å². The lowest BCUT2D eigenvalue weighted by Crippen LogP contribution is -2.30. The molecule has 0 heterocycles. The van der Waals surface area contributed by atoms with Gasteiger partial charge in [0.05, 0.1) is 0 Å². The van der Waals surface area contributed by atoms with Crippen LogP contribution in [0.2, 0.25) is 0 Å². The highest BCUT2D eigenvalue weighted by Gasteiger charge is 2.09. The minimum Gasteiger partial charge on any atom is -0.314 e. The summed E-state index contributed by atoms with van der Waals surface area (Å²) in [6.07, 6.45) is 6.33. The smallest absolute Gasteiger partial charge is 0.00672 e. The van der Waals surface area contributed by atoms with Crippen LogP contribution in [0.1, 0.15) is 59.8 Å². The van der Waals surface area contributed by atoms with Crippen molar-refractivity contribution in [3.8, 4) is 0 Å². The van der Waals surface area contributed by atoms with E-state index in [4.69, 9.17) is 0 Å². The Kier molecular flexibility index (Phi) is 9.18. The Morgan fingerprint density at radius 3 is 1.67 bits per heavy atom. The maximum Gasteiger partial charge on any atom is 0.00672 e. The van der Waals surface area contributed by atoms with Crippen molar-refractivity contribution in [3.05, 3.63) is 6.92 Å². The number of hydrogen-bond donors (Lipinski definition) is 1. The van der Waals surface area contributed by atoms with Crippen molar-refractivity contribution in [3.63, 3.8) is 0 Å². The van der Waals surface area contributed by atoms with E-state index in [1.165, 1.54) is 25.7 Å². The zero-order chi connectivity index (χ0) is 11.7. The van der Waals surface area contributed by atoms with Crippen LogP contribution in [0.5, 0.6) is 0 Å². The molecule has 0 fully saturated rings. The second-order valence-corrected chi connectivity index (χ2v) is 5.45. The summed E-state index contributed by atoms with van der Waals surface area (Å²) in [7, 11) is 0. The van der Waals surface area contributed by atoms with Gasteiger partial charge < -0.3 is 5.32 Å². The molecule has 0 amide bonds. The molecular formula is C14H30N. The van der Waals surface area contributed by atoms with E-state index in [0.717, 1.165) is 30.8 Å². The van der Waals surface area contributed by atoms with Crippen molar-refractivity contribution in [1.29, 1.82) is 0 Å². The molecule has 91 valence electrons. The fraction of sp³-hybridized carbons (Fsp3) is 0.929. The molecule has 0 saturated carbocycles. The maximum atomic E-state index is 3.89. The molecule has 0 aromatic rings. The Labute approximate surface area is 97.0 Å². The third-order valence-corrected chi connectivity index (χ3v) is 2.79. The second-order valence-electron chi connectivity index (χ2n) is 5.45. The Hall–Kier alpha value is -0.0400. The van der Waals surface area contributed by atoms with Gasteiger partial charge in [0.1, 0.15) is 0 Å². The van der Waals surface area contributed by atoms with E-state index in [1.54, 1.807) is 0 Å². The summed E-state index contributed by atoms with van der Waals surface area (Å²) >= 11 is 0. The van der Waals surface area contributed by atoms with Crippen molar-refractivity contribution in [2.24, 2.45) is 11.8 Å². The minimum absolute atomic E-state index is 0.719. The van der Waals surface area contributed by atoms with Gasteiger partial charge in [0, 0.05) is 6.04 Å². The van der Waals surface area contributed by atoms with Crippen molar-refractivity contribution >= 4 is 0 Å². The second kappa shape index (κ2) is 9.21. The third-order valence-electron chi connectivity index (χ3n) is 2.79. The van der Waals surface area contributed by atoms with Crippen LogP contribution < -0.4 is 5.32 Å². The molecule has 0 aromatic heterocycles. The van der Waals surface area contributed by atoms with Crippen LogP contribution in [-0.2, 0) is 0 Å². The molecule has 0 aliphatic carbocycles. The minimum atomic E-state index is 0.719. The zero-order valence-electron chi connectivity index (χ0n) is 11.2. The quantitative estimate of drug-likeness (QED) is 0.608. The van der Waals surface area contributed by atoms with Crippen molar-refractivity contribution in [1.82, 2.24) is 5.32 Å². The molecule has 0 aromatic carbocycles. The van der Waals surface area contributed by atoms with Crippen LogP contribution >= 0.6 is 0 Å². The van der Waals surface area contributed by atoms with Gasteiger partial charge in [-0.25, -0.2) is 0 Å². The van der Waals surface area contributed by atoms with Crippen LogP contribution in [0.15, 0.2) is 0 Å². The maximum absolute atomic E-state index is 3.89. The highest BCUT2D eigenvalue weighted by Crippen LogP contribution is 2.13. The molecule has 1 nitrogen and oxygen atoms in total. The van der Waals surface area contributed by atoms with Gasteiger partial charge >= 0.3 is 0 Å². The largest absolute Gasteiger partial charge is 0.314 e. The monoisotopic (exact) mass is 212 g/mol. The lowest BCUT2D eigenvalue weighted by atomic mass is 9.97. The first-order chi connectivity index (χ1) is 7.06. The molecule has 1 radical (unpaired) electrons. The summed E-state index contributed by atoms with van der Waals surface area (Å²) in [5, 5.41) is 3.62. The number of hydrogen-bond acceptors (Lipinski definition) is 1. The Morgan fingerprint density at radius 1 is 0.867 bits per heavy atom. The summed E-state index contributed by atoms with van der Waals surface area (Å²) in [5.41, 5.74) is 0. The third kappa shape index (κ3) is 10.2. The van der Waals surface area contributed by atoms with Crippen LogP contribution in [-0.4, -0.2) is 12.6 Å². The molecule has 1 N–H and O–H groups in total. The summed E-state index contributed by atoms with van der Waals surface area (Å²) in [5.74, 6) is 1.65. The van der Waals surface area contributed by atoms with Crippen molar-refractivity contribution in [2.75, 3.05) is 6.54 Å². The summed E-state index contributed by atoms with van der Waals surface area (Å²) < 4.78 is 0. The average molecular weight is 212 g/mol. The fourth-order valence-corrected chi connectivity index (χ4v) is 1.72. The predicted molar refractivity (Wildman–Crippen MR) is 69.9 cm³/mol. The number of rotatable bonds is 9. The van der Waals surface area contributed by atoms with Gasteiger partial charge in [0.25, 0.3) is 0 Å². The topological polar surface area (TPSA) is 12.0 Å². The molecule has 0 aliphatic heterocycles. The molecule has 0 atom stereocenters. The first kappa shape index (κ1) is 15.0. The van der Waals surface area contributed by atoms with Gasteiger partial charge in [0.2, 0.25) is 0 Å². The fourth-order valence-electron chi connectivity index (χ4n) is 1.72. The first-order valence-electron chi connectivity index (χ1n) is 6.58. The SMILES string of the molecule is [CH2]CCNC(CCC(C)C)CCC(C)C. The Morgan fingerprint density at radius 2 is 1.33 bits per heavy atom. The van der Waals surface area contributed by atoms with Gasteiger partial charge in [-0.05, 0) is 50.5 Å². The zero-order valence-corrected chi connectivity index (χ0v) is 11.2. The molecule has 0 unspecified atom stereocenters. The number of nitrogens with one attached hydrogen (secondary N) is 1. The first-order valence-corrected chi connectivity index (χ1v) is 6.58. The lowest BCUT2D eigenvalue weighted by molar-refractivity contribution is 0.384. The Balaban J connectivity index is 3.73. The molecule has 0 bridgehead atoms. The molecule has 15 heavy (non-hydrogen) atoms. The van der Waals surface area contributed by atoms with Crippen LogP contribution in [0.4, 0.5) is 0 Å². The van der Waals surface area contributed by atoms with Crippen molar-refractivity contribution in [2.45, 2.75) is 65.8 Å². The normalized spacial score (nSPS) is 12.0. The molecule has 0 aliphatic rings. The van der Waals surface area contributed by atoms with Gasteiger partial charge in [-0.1, -0.05) is 34.6 Å². The highest BCUT2D eigenvalue weighted by molar-refractivity contribution is 4.69. The van der Waals surface area contributed by atoms with Crippen molar-refractivity contribution < 1.29 is 0 Å². The summed E-state index contributed by atoms with van der Waals surface area (Å²) in [6.45, 7) is 14.2. The van der Waals surface area contributed by atoms with Crippen LogP contribution in [0.25, 0.3) is 0 Å². The van der Waals surface area contributed by atoms with Gasteiger partial charge in [-0.15, -0.1) is 0 Å². The molecular weight excluding hydrogens is 182 g/mol. The molecule has 1 heteroatoms. The van der Waals surface area contributed by atoms with E-state index in [9.17, 15) is 0 Å². The predicted octanol–water partition coefficient (Wildman–Crippen LogP) is 4.04. The summed E-state index contributed by atoms with van der Waals surface area (Å²) in [6, 6.07) is 0.719. The van der Waals surface area contributed by atoms with Gasteiger partial charge in [0.15, 0.2) is 0 Å². The molecule has 0 saturated heterocycles. The van der Waals surface area contributed by atoms with Gasteiger partial charge in [-0.2, -0.15) is 0 Å². The molecule has 0 spiro atoms. The highest BCUT2D eigenvalue weighted by atomic mass is 14.9. The van der Waals surface area contributed by atoms with E-state index in [0.29, 0.717) is 0 Å². The van der Waals surface area contributed by atoms with Crippen LogP contribution in [0, 0.1) is 18.8 Å². The standard InChI is InChI=1S/C14H30N/c1-6-11-15-14(9-7-12(2)3)10-8-13(4)5/h12-15H,1,6-11H2,2-5H3. The summed E-state index contributed by atoms with van der Waals surface area (Å²) in [4.78, 5) is 0. The van der Waals surface area contributed by atoms with E-state index in [1.807, 2.05) is 0 Å². The van der Waals surface area contributed by atoms with Crippen LogP contribution in [0.3, 0.4) is 0 Å². The average Bonchev–Trinajstić information content (AvgIpc) is 2.16. The van der Waals surface area contributed by atoms with E-state index in [-0.39, 0.29) is 0 Å². The lowest BCUT2D eigenvalue weighted by Gasteiger charge is -2.20. The molecule has 0 rings (SSSR count). The van der Waals surface area contributed by atoms with E-state index >= 15 is 0 Å². The van der Waals surface area contributed by atoms with E-state index in [2.05, 4.69) is 39.9 Å². The van der Waals surface area contributed by atoms with E-state index < -0.39 is 0 Å².